The molecule has 1 aromatic heterocycles. The molecule has 1 aliphatic carbocycles. The van der Waals surface area contributed by atoms with E-state index in [4.69, 9.17) is 4.42 Å². The molecule has 2 heterocycles. The van der Waals surface area contributed by atoms with Gasteiger partial charge in [0.05, 0.1) is 6.26 Å². The summed E-state index contributed by atoms with van der Waals surface area (Å²) in [5, 5.41) is 11.3. The second-order valence-corrected chi connectivity index (χ2v) is 7.37. The molecule has 134 valence electrons. The molecule has 1 N–H and O–H groups in total. The number of carbonyl (C=O) groups is 1. The van der Waals surface area contributed by atoms with Crippen LogP contribution < -0.4 is 0 Å². The third kappa shape index (κ3) is 3.04. The number of aliphatic hydroxyl groups is 1. The summed E-state index contributed by atoms with van der Waals surface area (Å²) in [5.74, 6) is 6.58. The van der Waals surface area contributed by atoms with Gasteiger partial charge in [0, 0.05) is 24.1 Å². The van der Waals surface area contributed by atoms with E-state index in [0.29, 0.717) is 18.7 Å². The number of furan rings is 1. The highest BCUT2D eigenvalue weighted by Crippen LogP contribution is 2.43. The Morgan fingerprint density at radius 3 is 2.96 bits per heavy atom. The molecule has 1 amide bonds. The molecule has 0 bridgehead atoms. The van der Waals surface area contributed by atoms with Gasteiger partial charge in [-0.1, -0.05) is 24.0 Å². The maximum Gasteiger partial charge on any atom is 0.289 e. The Kier molecular flexibility index (Phi) is 4.34. The normalized spacial score (nSPS) is 27.5. The Balaban J connectivity index is 1.57. The maximum atomic E-state index is 12.7. The molecule has 1 saturated heterocycles. The summed E-state index contributed by atoms with van der Waals surface area (Å²) in [6.45, 7) is 2.68. The summed E-state index contributed by atoms with van der Waals surface area (Å²) in [7, 11) is 0. The van der Waals surface area contributed by atoms with Gasteiger partial charge in [0.15, 0.2) is 5.76 Å². The van der Waals surface area contributed by atoms with Crippen LogP contribution in [0.3, 0.4) is 0 Å². The Bertz CT molecular complexity index is 861. The van der Waals surface area contributed by atoms with Crippen molar-refractivity contribution in [3.05, 3.63) is 59.5 Å². The average molecular weight is 349 g/mol. The number of benzene rings is 1. The van der Waals surface area contributed by atoms with Crippen molar-refractivity contribution in [2.75, 3.05) is 6.54 Å². The van der Waals surface area contributed by atoms with Crippen molar-refractivity contribution in [1.29, 1.82) is 0 Å². The molecule has 26 heavy (non-hydrogen) atoms. The van der Waals surface area contributed by atoms with Gasteiger partial charge in [-0.15, -0.1) is 0 Å². The predicted octanol–water partition coefficient (Wildman–Crippen LogP) is 3.39. The third-order valence-corrected chi connectivity index (χ3v) is 5.65. The van der Waals surface area contributed by atoms with Gasteiger partial charge in [-0.2, -0.15) is 0 Å². The fourth-order valence-corrected chi connectivity index (χ4v) is 4.39. The van der Waals surface area contributed by atoms with Gasteiger partial charge in [-0.05, 0) is 62.4 Å². The monoisotopic (exact) mass is 349 g/mol. The summed E-state index contributed by atoms with van der Waals surface area (Å²) >= 11 is 0. The van der Waals surface area contributed by atoms with E-state index in [1.165, 1.54) is 6.26 Å². The molecule has 0 unspecified atom stereocenters. The molecule has 4 rings (SSSR count). The number of carbonyl (C=O) groups excluding carboxylic acids is 1. The number of nitrogens with zero attached hydrogens (tertiary/aromatic N) is 1. The molecule has 4 heteroatoms. The van der Waals surface area contributed by atoms with Crippen LogP contribution in [-0.2, 0) is 0 Å². The zero-order valence-electron chi connectivity index (χ0n) is 14.9. The molecule has 1 saturated carbocycles. The Hall–Kier alpha value is -2.51. The Morgan fingerprint density at radius 1 is 1.31 bits per heavy atom. The molecule has 3 atom stereocenters. The van der Waals surface area contributed by atoms with Crippen LogP contribution in [0.5, 0.6) is 0 Å². The van der Waals surface area contributed by atoms with Gasteiger partial charge in [-0.3, -0.25) is 4.79 Å². The van der Waals surface area contributed by atoms with Crippen LogP contribution in [0.1, 0.15) is 47.4 Å². The van der Waals surface area contributed by atoms with Crippen LogP contribution in [0.15, 0.2) is 47.1 Å². The summed E-state index contributed by atoms with van der Waals surface area (Å²) in [6, 6.07) is 11.5. The molecule has 1 aliphatic heterocycles. The van der Waals surface area contributed by atoms with E-state index in [2.05, 4.69) is 11.8 Å². The predicted molar refractivity (Wildman–Crippen MR) is 98.5 cm³/mol. The summed E-state index contributed by atoms with van der Waals surface area (Å²) < 4.78 is 5.27. The first-order valence-corrected chi connectivity index (χ1v) is 9.23. The molecule has 2 aliphatic rings. The van der Waals surface area contributed by atoms with E-state index in [0.717, 1.165) is 30.4 Å². The highest BCUT2D eigenvalue weighted by Gasteiger charge is 2.50. The second kappa shape index (κ2) is 6.66. The zero-order valence-corrected chi connectivity index (χ0v) is 14.9. The van der Waals surface area contributed by atoms with Crippen molar-refractivity contribution in [1.82, 2.24) is 4.90 Å². The lowest BCUT2D eigenvalue weighted by atomic mass is 9.72. The summed E-state index contributed by atoms with van der Waals surface area (Å²) in [6.07, 6.45) is 4.73. The molecule has 2 aromatic rings. The van der Waals surface area contributed by atoms with E-state index < -0.39 is 5.60 Å². The standard InChI is InChI=1S/C22H23NO3/c1-16-5-2-6-17(15-16)9-12-22(25)11-3-7-19-18(22)10-13-23(19)21(24)20-8-4-14-26-20/h2,4-6,8,14-15,18-19,25H,3,7,10-11,13H2,1H3/t18-,19-,22-/m1/s1. The number of hydrogen-bond donors (Lipinski definition) is 1. The van der Waals surface area contributed by atoms with Gasteiger partial charge in [0.25, 0.3) is 5.91 Å². The van der Waals surface area contributed by atoms with E-state index in [1.807, 2.05) is 36.1 Å². The fourth-order valence-electron chi connectivity index (χ4n) is 4.39. The SMILES string of the molecule is Cc1cccc(C#C[C@]2(O)CCC[C@@H]3[C@H]2CCN3C(=O)c2ccco2)c1. The van der Waals surface area contributed by atoms with Gasteiger partial charge in [0.1, 0.15) is 5.60 Å². The quantitative estimate of drug-likeness (QED) is 0.803. The molecule has 0 spiro atoms. The van der Waals surface area contributed by atoms with Crippen LogP contribution in [0.2, 0.25) is 0 Å². The topological polar surface area (TPSA) is 53.7 Å². The highest BCUT2D eigenvalue weighted by atomic mass is 16.3. The second-order valence-electron chi connectivity index (χ2n) is 7.37. The van der Waals surface area contributed by atoms with Crippen molar-refractivity contribution in [2.24, 2.45) is 5.92 Å². The first-order chi connectivity index (χ1) is 12.6. The molecule has 1 aromatic carbocycles. The van der Waals surface area contributed by atoms with Crippen molar-refractivity contribution >= 4 is 5.91 Å². The largest absolute Gasteiger partial charge is 0.459 e. The van der Waals surface area contributed by atoms with E-state index in [1.54, 1.807) is 12.1 Å². The van der Waals surface area contributed by atoms with Crippen molar-refractivity contribution in [3.8, 4) is 11.8 Å². The van der Waals surface area contributed by atoms with Crippen molar-refractivity contribution < 1.29 is 14.3 Å². The lowest BCUT2D eigenvalue weighted by Gasteiger charge is -2.40. The smallest absolute Gasteiger partial charge is 0.289 e. The van der Waals surface area contributed by atoms with Crippen LogP contribution in [0.4, 0.5) is 0 Å². The summed E-state index contributed by atoms with van der Waals surface area (Å²) in [5.41, 5.74) is 1.04. The van der Waals surface area contributed by atoms with Crippen LogP contribution in [0, 0.1) is 24.7 Å². The molecular weight excluding hydrogens is 326 g/mol. The fraction of sp³-hybridized carbons (Fsp3) is 0.409. The zero-order chi connectivity index (χ0) is 18.1. The minimum atomic E-state index is -1.04. The number of rotatable bonds is 1. The van der Waals surface area contributed by atoms with Gasteiger partial charge < -0.3 is 14.4 Å². The minimum absolute atomic E-state index is 0.00697. The number of hydrogen-bond acceptors (Lipinski definition) is 3. The van der Waals surface area contributed by atoms with Gasteiger partial charge >= 0.3 is 0 Å². The Labute approximate surface area is 153 Å². The number of likely N-dealkylation sites (tertiary alicyclic amines) is 1. The first-order valence-electron chi connectivity index (χ1n) is 9.23. The Morgan fingerprint density at radius 2 is 2.19 bits per heavy atom. The highest BCUT2D eigenvalue weighted by molar-refractivity contribution is 5.92. The van der Waals surface area contributed by atoms with E-state index in [9.17, 15) is 9.90 Å². The third-order valence-electron chi connectivity index (χ3n) is 5.65. The van der Waals surface area contributed by atoms with Gasteiger partial charge in [-0.25, -0.2) is 0 Å². The van der Waals surface area contributed by atoms with Crippen LogP contribution in [-0.4, -0.2) is 34.1 Å². The number of aryl methyl sites for hydroxylation is 1. The summed E-state index contributed by atoms with van der Waals surface area (Å²) in [4.78, 5) is 14.6. The van der Waals surface area contributed by atoms with Crippen LogP contribution in [0.25, 0.3) is 0 Å². The molecule has 0 radical (unpaired) electrons. The molecule has 4 nitrogen and oxygen atoms in total. The number of fused-ring (bicyclic) bond motifs is 1. The lowest BCUT2D eigenvalue weighted by Crippen LogP contribution is -2.49. The van der Waals surface area contributed by atoms with Crippen molar-refractivity contribution in [3.63, 3.8) is 0 Å². The van der Waals surface area contributed by atoms with Crippen LogP contribution >= 0.6 is 0 Å². The maximum absolute atomic E-state index is 12.7. The molecule has 2 fully saturated rings. The lowest BCUT2D eigenvalue weighted by molar-refractivity contribution is -0.0130. The molecular formula is C22H23NO3. The van der Waals surface area contributed by atoms with E-state index in [-0.39, 0.29) is 17.9 Å². The first kappa shape index (κ1) is 16.9. The minimum Gasteiger partial charge on any atom is -0.459 e. The van der Waals surface area contributed by atoms with Gasteiger partial charge in [0.2, 0.25) is 0 Å². The average Bonchev–Trinajstić information content (AvgIpc) is 3.30. The van der Waals surface area contributed by atoms with E-state index >= 15 is 0 Å². The number of amides is 1. The van der Waals surface area contributed by atoms with Crippen molar-refractivity contribution in [2.45, 2.75) is 44.2 Å².